The number of hydrogen-bond donors (Lipinski definition) is 0. The van der Waals surface area contributed by atoms with Crippen molar-refractivity contribution < 1.29 is 13.9 Å². The first-order chi connectivity index (χ1) is 11.6. The fourth-order valence-electron chi connectivity index (χ4n) is 2.90. The summed E-state index contributed by atoms with van der Waals surface area (Å²) >= 11 is 0. The summed E-state index contributed by atoms with van der Waals surface area (Å²) in [6.45, 7) is 1.19. The Morgan fingerprint density at radius 1 is 1.50 bits per heavy atom. The number of pyridine rings is 1. The first-order valence-electron chi connectivity index (χ1n) is 8.13. The quantitative estimate of drug-likeness (QED) is 0.840. The lowest BCUT2D eigenvalue weighted by Crippen LogP contribution is -2.44. The third-order valence-electron chi connectivity index (χ3n) is 4.25. The number of ether oxygens (including phenoxy) is 1. The maximum absolute atomic E-state index is 13.6. The van der Waals surface area contributed by atoms with Gasteiger partial charge in [0, 0.05) is 38.1 Å². The number of amides is 1. The number of halogens is 1. The molecule has 1 atom stereocenters. The Labute approximate surface area is 140 Å². The Kier molecular flexibility index (Phi) is 5.08. The first-order valence-corrected chi connectivity index (χ1v) is 8.13. The summed E-state index contributed by atoms with van der Waals surface area (Å²) in [6.07, 6.45) is 7.52. The van der Waals surface area contributed by atoms with Crippen molar-refractivity contribution in [1.29, 1.82) is 0 Å². The van der Waals surface area contributed by atoms with E-state index in [1.165, 1.54) is 18.3 Å². The van der Waals surface area contributed by atoms with E-state index in [1.807, 2.05) is 11.6 Å². The minimum absolute atomic E-state index is 0.00619. The molecule has 0 bridgehead atoms. The molecule has 0 unspecified atom stereocenters. The second-order valence-electron chi connectivity index (χ2n) is 6.01. The second-order valence-corrected chi connectivity index (χ2v) is 6.01. The molecule has 128 valence electrons. The molecular formula is C17H21FN4O2. The Balaban J connectivity index is 1.54. The molecule has 3 rings (SSSR count). The van der Waals surface area contributed by atoms with Gasteiger partial charge in [0.1, 0.15) is 6.10 Å². The molecule has 0 aliphatic carbocycles. The van der Waals surface area contributed by atoms with E-state index in [2.05, 4.69) is 9.97 Å². The molecule has 0 spiro atoms. The maximum Gasteiger partial charge on any atom is 0.250 e. The van der Waals surface area contributed by atoms with Gasteiger partial charge in [0.25, 0.3) is 5.88 Å². The van der Waals surface area contributed by atoms with Crippen LogP contribution in [0.4, 0.5) is 4.39 Å². The van der Waals surface area contributed by atoms with Crippen molar-refractivity contribution in [3.8, 4) is 5.88 Å². The molecule has 2 aromatic heterocycles. The van der Waals surface area contributed by atoms with Crippen molar-refractivity contribution in [2.45, 2.75) is 31.8 Å². The lowest BCUT2D eigenvalue weighted by atomic mass is 10.1. The highest BCUT2D eigenvalue weighted by Gasteiger charge is 2.25. The van der Waals surface area contributed by atoms with Crippen LogP contribution in [0.15, 0.2) is 30.9 Å². The van der Waals surface area contributed by atoms with E-state index in [0.717, 1.165) is 25.1 Å². The van der Waals surface area contributed by atoms with Crippen LogP contribution in [-0.2, 0) is 18.3 Å². The van der Waals surface area contributed by atoms with Crippen LogP contribution in [0.5, 0.6) is 5.88 Å². The molecule has 2 aromatic rings. The van der Waals surface area contributed by atoms with Crippen LogP contribution in [0, 0.1) is 5.82 Å². The topological polar surface area (TPSA) is 60.2 Å². The van der Waals surface area contributed by atoms with Gasteiger partial charge >= 0.3 is 0 Å². The van der Waals surface area contributed by atoms with Crippen LogP contribution in [0.2, 0.25) is 0 Å². The van der Waals surface area contributed by atoms with E-state index in [9.17, 15) is 9.18 Å². The SMILES string of the molecule is Cn1cncc1CCC(=O)N1CCC[C@H](Oc2ncccc2F)C1. The summed E-state index contributed by atoms with van der Waals surface area (Å²) in [5.74, 6) is -0.380. The molecule has 1 saturated heterocycles. The molecule has 7 heteroatoms. The Morgan fingerprint density at radius 2 is 2.38 bits per heavy atom. The van der Waals surface area contributed by atoms with Crippen molar-refractivity contribution in [1.82, 2.24) is 19.4 Å². The van der Waals surface area contributed by atoms with Crippen molar-refractivity contribution in [2.75, 3.05) is 13.1 Å². The summed E-state index contributed by atoms with van der Waals surface area (Å²) in [5.41, 5.74) is 1.03. The largest absolute Gasteiger partial charge is 0.470 e. The van der Waals surface area contributed by atoms with Crippen molar-refractivity contribution in [2.24, 2.45) is 7.05 Å². The summed E-state index contributed by atoms with van der Waals surface area (Å²) in [4.78, 5) is 22.2. The van der Waals surface area contributed by atoms with E-state index >= 15 is 0 Å². The Hall–Kier alpha value is -2.44. The third kappa shape index (κ3) is 3.90. The molecule has 1 aliphatic heterocycles. The highest BCUT2D eigenvalue weighted by atomic mass is 19.1. The van der Waals surface area contributed by atoms with Crippen molar-refractivity contribution >= 4 is 5.91 Å². The van der Waals surface area contributed by atoms with Crippen LogP contribution in [0.25, 0.3) is 0 Å². The van der Waals surface area contributed by atoms with Gasteiger partial charge in [-0.3, -0.25) is 4.79 Å². The molecule has 0 saturated carbocycles. The number of carbonyl (C=O) groups excluding carboxylic acids is 1. The molecular weight excluding hydrogens is 311 g/mol. The number of carbonyl (C=O) groups is 1. The lowest BCUT2D eigenvalue weighted by molar-refractivity contribution is -0.133. The van der Waals surface area contributed by atoms with Gasteiger partial charge in [-0.1, -0.05) is 0 Å². The molecule has 0 N–H and O–H groups in total. The molecule has 24 heavy (non-hydrogen) atoms. The number of hydrogen-bond acceptors (Lipinski definition) is 4. The van der Waals surface area contributed by atoms with E-state index in [0.29, 0.717) is 19.4 Å². The molecule has 0 aromatic carbocycles. The predicted octanol–water partition coefficient (Wildman–Crippen LogP) is 1.96. The Morgan fingerprint density at radius 3 is 3.12 bits per heavy atom. The van der Waals surface area contributed by atoms with Gasteiger partial charge in [0.15, 0.2) is 5.82 Å². The van der Waals surface area contributed by atoms with Crippen LogP contribution in [0.1, 0.15) is 25.0 Å². The van der Waals surface area contributed by atoms with Crippen LogP contribution in [0.3, 0.4) is 0 Å². The summed E-state index contributed by atoms with van der Waals surface area (Å²) in [7, 11) is 1.92. The molecule has 3 heterocycles. The zero-order valence-electron chi connectivity index (χ0n) is 13.7. The van der Waals surface area contributed by atoms with E-state index in [1.54, 1.807) is 17.4 Å². The van der Waals surface area contributed by atoms with Crippen molar-refractivity contribution in [3.63, 3.8) is 0 Å². The monoisotopic (exact) mass is 332 g/mol. The molecule has 0 radical (unpaired) electrons. The molecule has 6 nitrogen and oxygen atoms in total. The zero-order chi connectivity index (χ0) is 16.9. The van der Waals surface area contributed by atoms with Gasteiger partial charge in [-0.05, 0) is 31.4 Å². The average Bonchev–Trinajstić information content (AvgIpc) is 3.00. The maximum atomic E-state index is 13.6. The molecule has 1 aliphatic rings. The van der Waals surface area contributed by atoms with Gasteiger partial charge in [0.2, 0.25) is 5.91 Å². The minimum atomic E-state index is -0.475. The van der Waals surface area contributed by atoms with Gasteiger partial charge in [-0.25, -0.2) is 14.4 Å². The van der Waals surface area contributed by atoms with Gasteiger partial charge in [-0.15, -0.1) is 0 Å². The van der Waals surface area contributed by atoms with Gasteiger partial charge < -0.3 is 14.2 Å². The van der Waals surface area contributed by atoms with Gasteiger partial charge in [-0.2, -0.15) is 0 Å². The van der Waals surface area contributed by atoms with E-state index in [-0.39, 0.29) is 17.9 Å². The number of rotatable bonds is 5. The first kappa shape index (κ1) is 16.4. The van der Waals surface area contributed by atoms with E-state index < -0.39 is 5.82 Å². The average molecular weight is 332 g/mol. The second kappa shape index (κ2) is 7.42. The third-order valence-corrected chi connectivity index (χ3v) is 4.25. The van der Waals surface area contributed by atoms with Crippen LogP contribution < -0.4 is 4.74 Å². The number of nitrogens with zero attached hydrogens (tertiary/aromatic N) is 4. The summed E-state index contributed by atoms with van der Waals surface area (Å²) in [6, 6.07) is 2.85. The fraction of sp³-hybridized carbons (Fsp3) is 0.471. The summed E-state index contributed by atoms with van der Waals surface area (Å²) in [5, 5.41) is 0. The number of aromatic nitrogens is 3. The van der Waals surface area contributed by atoms with Crippen LogP contribution >= 0.6 is 0 Å². The van der Waals surface area contributed by atoms with Crippen LogP contribution in [-0.4, -0.2) is 44.5 Å². The molecule has 1 fully saturated rings. The normalized spacial score (nSPS) is 17.8. The zero-order valence-corrected chi connectivity index (χ0v) is 13.7. The number of piperidine rings is 1. The highest BCUT2D eigenvalue weighted by Crippen LogP contribution is 2.19. The van der Waals surface area contributed by atoms with Crippen molar-refractivity contribution in [3.05, 3.63) is 42.4 Å². The highest BCUT2D eigenvalue weighted by molar-refractivity contribution is 5.76. The smallest absolute Gasteiger partial charge is 0.250 e. The number of aryl methyl sites for hydroxylation is 2. The summed E-state index contributed by atoms with van der Waals surface area (Å²) < 4.78 is 21.2. The minimum Gasteiger partial charge on any atom is -0.470 e. The Bertz CT molecular complexity index is 703. The number of likely N-dealkylation sites (tertiary alicyclic amines) is 1. The van der Waals surface area contributed by atoms with E-state index in [4.69, 9.17) is 4.74 Å². The lowest BCUT2D eigenvalue weighted by Gasteiger charge is -2.32. The fourth-order valence-corrected chi connectivity index (χ4v) is 2.90. The number of imidazole rings is 1. The van der Waals surface area contributed by atoms with Gasteiger partial charge in [0.05, 0.1) is 12.9 Å². The molecule has 1 amide bonds. The standard InChI is InChI=1S/C17H21FN4O2/c1-21-12-19-10-13(21)6-7-16(23)22-9-3-4-14(11-22)24-17-15(18)5-2-8-20-17/h2,5,8,10,12,14H,3-4,6-7,9,11H2,1H3/t14-/m0/s1. The predicted molar refractivity (Wildman–Crippen MR) is 86.0 cm³/mol.